The fraction of sp³-hybridized carbons (Fsp3) is 0.267. The van der Waals surface area contributed by atoms with Crippen molar-refractivity contribution in [2.24, 2.45) is 0 Å². The third-order valence-corrected chi connectivity index (χ3v) is 4.11. The number of carbonyl (C=O) groups excluding carboxylic acids is 2. The van der Waals surface area contributed by atoms with Gasteiger partial charge in [0.05, 0.1) is 12.8 Å². The minimum absolute atomic E-state index is 0.246. The van der Waals surface area contributed by atoms with Crippen molar-refractivity contribution in [2.75, 3.05) is 12.4 Å². The Labute approximate surface area is 149 Å². The van der Waals surface area contributed by atoms with E-state index >= 15 is 0 Å². The number of thiazole rings is 1. The number of methoxy groups -OCH3 is 1. The average molecular weight is 391 g/mol. The third-order valence-electron chi connectivity index (χ3n) is 3.24. The lowest BCUT2D eigenvalue weighted by atomic mass is 10.1. The van der Waals surface area contributed by atoms with E-state index in [2.05, 4.69) is 9.72 Å². The number of esters is 1. The van der Waals surface area contributed by atoms with Crippen LogP contribution in [-0.2, 0) is 9.53 Å². The number of nitrogens with one attached hydrogen (secondary N) is 2. The molecule has 1 heterocycles. The van der Waals surface area contributed by atoms with E-state index in [1.54, 1.807) is 12.2 Å². The normalized spacial score (nSPS) is 13.6. The highest BCUT2D eigenvalue weighted by molar-refractivity contribution is 7.13. The molecule has 0 saturated carbocycles. The van der Waals surface area contributed by atoms with E-state index < -0.39 is 29.5 Å². The molecule has 2 N–H and O–H groups in total. The number of halogens is 4. The number of anilines is 1. The van der Waals surface area contributed by atoms with Gasteiger partial charge in [-0.3, -0.25) is 4.79 Å². The first-order valence-corrected chi connectivity index (χ1v) is 7.90. The molecular formula is C15H13F4N3O3S. The van der Waals surface area contributed by atoms with Gasteiger partial charge in [0.2, 0.25) is 0 Å². The van der Waals surface area contributed by atoms with Crippen LogP contribution in [0, 0.1) is 12.7 Å². The van der Waals surface area contributed by atoms with Crippen LogP contribution in [-0.4, -0.2) is 35.8 Å². The molecule has 0 fully saturated rings. The highest BCUT2D eigenvalue weighted by atomic mass is 32.1. The van der Waals surface area contributed by atoms with Gasteiger partial charge >= 0.3 is 17.8 Å². The Morgan fingerprint density at radius 2 is 1.81 bits per heavy atom. The number of alkyl halides is 3. The van der Waals surface area contributed by atoms with E-state index in [0.717, 1.165) is 42.7 Å². The van der Waals surface area contributed by atoms with Crippen LogP contribution in [0.1, 0.15) is 16.1 Å². The smallest absolute Gasteiger partial charge is 0.442 e. The number of amides is 1. The highest BCUT2D eigenvalue weighted by Gasteiger charge is 2.64. The summed E-state index contributed by atoms with van der Waals surface area (Å²) in [5, 5.41) is 4.74. The summed E-state index contributed by atoms with van der Waals surface area (Å²) in [6.07, 6.45) is -5.27. The molecule has 26 heavy (non-hydrogen) atoms. The number of ether oxygens (including phenoxy) is 1. The van der Waals surface area contributed by atoms with Gasteiger partial charge in [-0.25, -0.2) is 14.2 Å². The number of hydrogen-bond donors (Lipinski definition) is 2. The van der Waals surface area contributed by atoms with E-state index in [1.807, 2.05) is 5.32 Å². The molecule has 2 rings (SSSR count). The van der Waals surface area contributed by atoms with Gasteiger partial charge in [0, 0.05) is 10.9 Å². The molecule has 0 unspecified atom stereocenters. The van der Waals surface area contributed by atoms with Crippen molar-refractivity contribution in [3.63, 3.8) is 0 Å². The number of carbonyl (C=O) groups is 2. The summed E-state index contributed by atoms with van der Waals surface area (Å²) in [6, 6.07) is 3.77. The Bertz CT molecular complexity index is 807. The zero-order valence-corrected chi connectivity index (χ0v) is 14.3. The number of hydrogen-bond acceptors (Lipinski definition) is 6. The van der Waals surface area contributed by atoms with E-state index in [0.29, 0.717) is 5.69 Å². The molecule has 0 aliphatic rings. The second kappa shape index (κ2) is 7.28. The number of rotatable bonds is 5. The van der Waals surface area contributed by atoms with Crippen molar-refractivity contribution in [1.29, 1.82) is 0 Å². The third kappa shape index (κ3) is 3.93. The van der Waals surface area contributed by atoms with Gasteiger partial charge in [0.15, 0.2) is 5.13 Å². The molecule has 2 aromatic rings. The zero-order valence-electron chi connectivity index (χ0n) is 13.5. The molecule has 0 aliphatic heterocycles. The van der Waals surface area contributed by atoms with Gasteiger partial charge in [-0.15, -0.1) is 11.3 Å². The van der Waals surface area contributed by atoms with Crippen molar-refractivity contribution in [1.82, 2.24) is 10.3 Å². The van der Waals surface area contributed by atoms with E-state index in [4.69, 9.17) is 0 Å². The van der Waals surface area contributed by atoms with Gasteiger partial charge in [-0.1, -0.05) is 0 Å². The van der Waals surface area contributed by atoms with Crippen molar-refractivity contribution in [3.8, 4) is 0 Å². The maximum Gasteiger partial charge on any atom is 0.442 e. The van der Waals surface area contributed by atoms with Gasteiger partial charge in [-0.05, 0) is 31.2 Å². The number of benzene rings is 1. The van der Waals surface area contributed by atoms with Crippen LogP contribution in [0.4, 0.5) is 22.7 Å². The average Bonchev–Trinajstić information content (AvgIpc) is 2.97. The SMILES string of the molecule is COC(=O)[C@](NC(=O)c1ccc(F)cc1)(Nc1nc(C)cs1)C(F)(F)F. The molecule has 0 radical (unpaired) electrons. The molecule has 1 amide bonds. The van der Waals surface area contributed by atoms with Crippen LogP contribution in [0.25, 0.3) is 0 Å². The lowest BCUT2D eigenvalue weighted by Gasteiger charge is -2.34. The van der Waals surface area contributed by atoms with Gasteiger partial charge in [0.1, 0.15) is 5.82 Å². The quantitative estimate of drug-likeness (QED) is 0.466. The highest BCUT2D eigenvalue weighted by Crippen LogP contribution is 2.34. The van der Waals surface area contributed by atoms with Gasteiger partial charge < -0.3 is 15.4 Å². The van der Waals surface area contributed by atoms with E-state index in [1.165, 1.54) is 5.38 Å². The maximum atomic E-state index is 13.8. The molecule has 0 saturated heterocycles. The molecule has 140 valence electrons. The first-order chi connectivity index (χ1) is 12.1. The Morgan fingerprint density at radius 1 is 1.19 bits per heavy atom. The topological polar surface area (TPSA) is 80.3 Å². The summed E-state index contributed by atoms with van der Waals surface area (Å²) in [7, 11) is 0.752. The molecule has 11 heteroatoms. The van der Waals surface area contributed by atoms with Crippen LogP contribution in [0.15, 0.2) is 29.6 Å². The minimum atomic E-state index is -5.27. The van der Waals surface area contributed by atoms with E-state index in [9.17, 15) is 27.2 Å². The fourth-order valence-electron chi connectivity index (χ4n) is 1.96. The number of aryl methyl sites for hydroxylation is 1. The second-order valence-corrected chi connectivity index (χ2v) is 5.98. The summed E-state index contributed by atoms with van der Waals surface area (Å²) >= 11 is 0.814. The lowest BCUT2D eigenvalue weighted by molar-refractivity contribution is -0.203. The predicted molar refractivity (Wildman–Crippen MR) is 85.1 cm³/mol. The molecule has 0 aliphatic carbocycles. The Hall–Kier alpha value is -2.69. The maximum absolute atomic E-state index is 13.8. The van der Waals surface area contributed by atoms with Crippen molar-refractivity contribution in [2.45, 2.75) is 18.8 Å². The van der Waals surface area contributed by atoms with Gasteiger partial charge in [-0.2, -0.15) is 13.2 Å². The van der Waals surface area contributed by atoms with Crippen LogP contribution in [0.3, 0.4) is 0 Å². The Morgan fingerprint density at radius 3 is 2.27 bits per heavy atom. The zero-order chi connectivity index (χ0) is 19.5. The molecule has 1 aromatic heterocycles. The molecular weight excluding hydrogens is 378 g/mol. The largest absolute Gasteiger partial charge is 0.466 e. The second-order valence-electron chi connectivity index (χ2n) is 5.12. The molecule has 0 spiro atoms. The van der Waals surface area contributed by atoms with Crippen molar-refractivity contribution in [3.05, 3.63) is 46.7 Å². The molecule has 1 atom stereocenters. The molecule has 6 nitrogen and oxygen atoms in total. The molecule has 1 aromatic carbocycles. The Balaban J connectivity index is 2.45. The van der Waals surface area contributed by atoms with Crippen LogP contribution in [0.5, 0.6) is 0 Å². The monoisotopic (exact) mass is 391 g/mol. The van der Waals surface area contributed by atoms with Crippen LogP contribution < -0.4 is 10.6 Å². The first-order valence-electron chi connectivity index (χ1n) is 7.02. The number of nitrogens with zero attached hydrogens (tertiary/aromatic N) is 1. The minimum Gasteiger partial charge on any atom is -0.466 e. The molecule has 0 bridgehead atoms. The van der Waals surface area contributed by atoms with Crippen LogP contribution in [0.2, 0.25) is 0 Å². The number of aromatic nitrogens is 1. The fourth-order valence-corrected chi connectivity index (χ4v) is 2.70. The van der Waals surface area contributed by atoms with Crippen LogP contribution >= 0.6 is 11.3 Å². The summed E-state index contributed by atoms with van der Waals surface area (Å²) < 4.78 is 58.6. The standard InChI is InChI=1S/C15H13F4N3O3S/c1-8-7-26-13(20-8)22-14(12(24)25-2,15(17,18)19)21-11(23)9-3-5-10(16)6-4-9/h3-7H,1-2H3,(H,20,22)(H,21,23)/t14-/m0/s1. The van der Waals surface area contributed by atoms with Gasteiger partial charge in [0.25, 0.3) is 5.91 Å². The summed E-state index contributed by atoms with van der Waals surface area (Å²) in [4.78, 5) is 28.1. The summed E-state index contributed by atoms with van der Waals surface area (Å²) in [5.74, 6) is -3.71. The van der Waals surface area contributed by atoms with Crippen molar-refractivity contribution < 1.29 is 31.9 Å². The summed E-state index contributed by atoms with van der Waals surface area (Å²) in [5.41, 5.74) is -3.43. The van der Waals surface area contributed by atoms with E-state index in [-0.39, 0.29) is 10.7 Å². The predicted octanol–water partition coefficient (Wildman–Crippen LogP) is 2.86. The Kier molecular flexibility index (Phi) is 5.50. The summed E-state index contributed by atoms with van der Waals surface area (Å²) in [6.45, 7) is 1.55. The first kappa shape index (κ1) is 19.6. The lowest BCUT2D eigenvalue weighted by Crippen LogP contribution is -2.69. The van der Waals surface area contributed by atoms with Crippen molar-refractivity contribution >= 4 is 28.3 Å².